The highest BCUT2D eigenvalue weighted by molar-refractivity contribution is 5.93. The lowest BCUT2D eigenvalue weighted by molar-refractivity contribution is -0.0147. The largest absolute Gasteiger partial charge is 0.385 e. The van der Waals surface area contributed by atoms with Gasteiger partial charge in [0.2, 0.25) is 0 Å². The predicted molar refractivity (Wildman–Crippen MR) is 72.2 cm³/mol. The molecule has 1 aliphatic heterocycles. The summed E-state index contributed by atoms with van der Waals surface area (Å²) in [7, 11) is 0. The fraction of sp³-hybridized carbons (Fsp3) is 0.333. The molecule has 1 unspecified atom stereocenters. The molecule has 0 fully saturated rings. The lowest BCUT2D eigenvalue weighted by atomic mass is 9.89. The molecule has 0 aromatic heterocycles. The molecule has 22 heavy (non-hydrogen) atoms. The number of alkyl halides is 2. The van der Waals surface area contributed by atoms with Gasteiger partial charge in [-0.1, -0.05) is 0 Å². The van der Waals surface area contributed by atoms with E-state index >= 15 is 0 Å². The Morgan fingerprint density at radius 3 is 2.45 bits per heavy atom. The molecule has 4 N–H and O–H groups in total. The Morgan fingerprint density at radius 2 is 1.95 bits per heavy atom. The van der Waals surface area contributed by atoms with Crippen LogP contribution in [-0.2, 0) is 10.3 Å². The van der Waals surface area contributed by atoms with Crippen molar-refractivity contribution in [2.75, 3.05) is 13.2 Å². The average Bonchev–Trinajstić information content (AvgIpc) is 2.37. The van der Waals surface area contributed by atoms with Crippen LogP contribution in [-0.4, -0.2) is 31.4 Å². The first-order valence-corrected chi connectivity index (χ1v) is 5.77. The summed E-state index contributed by atoms with van der Waals surface area (Å²) >= 11 is 0. The number of rotatable bonds is 3. The number of hydrogen-bond donors (Lipinski definition) is 2. The zero-order valence-corrected chi connectivity index (χ0v) is 11.8. The standard InChI is InChI=1S/C12H11F4N3O2.ClH/c13-7-2-8(14)6(1-5(7)10(18)20)12(11(15)16)4-21-3-9(17)19-12;/h1-2,11H,3-4H2,(H2,17,19)(H2,18,20);1H. The van der Waals surface area contributed by atoms with Crippen LogP contribution in [0.2, 0.25) is 0 Å². The normalized spacial score (nSPS) is 21.2. The minimum absolute atomic E-state index is 0. The Kier molecular flexibility index (Phi) is 5.36. The molecule has 1 aromatic carbocycles. The zero-order valence-electron chi connectivity index (χ0n) is 11.0. The van der Waals surface area contributed by atoms with Crippen molar-refractivity contribution in [2.24, 2.45) is 16.5 Å². The molecule has 0 saturated heterocycles. The van der Waals surface area contributed by atoms with E-state index in [2.05, 4.69) is 4.99 Å². The first-order valence-electron chi connectivity index (χ1n) is 5.77. The van der Waals surface area contributed by atoms with Gasteiger partial charge in [0.05, 0.1) is 12.2 Å². The molecular weight excluding hydrogens is 330 g/mol. The van der Waals surface area contributed by atoms with Crippen LogP contribution >= 0.6 is 12.4 Å². The van der Waals surface area contributed by atoms with E-state index in [0.29, 0.717) is 12.1 Å². The third-order valence-corrected chi connectivity index (χ3v) is 3.06. The SMILES string of the molecule is Cl.NC(=O)c1cc(C2(C(F)F)COCC(N)=N2)c(F)cc1F. The molecule has 1 aromatic rings. The van der Waals surface area contributed by atoms with Gasteiger partial charge in [-0.15, -0.1) is 12.4 Å². The maximum atomic E-state index is 13.9. The van der Waals surface area contributed by atoms with E-state index in [1.165, 1.54) is 0 Å². The summed E-state index contributed by atoms with van der Waals surface area (Å²) in [4.78, 5) is 14.7. The van der Waals surface area contributed by atoms with E-state index in [0.717, 1.165) is 0 Å². The maximum absolute atomic E-state index is 13.9. The van der Waals surface area contributed by atoms with Crippen LogP contribution < -0.4 is 11.5 Å². The van der Waals surface area contributed by atoms with Crippen LogP contribution in [0.25, 0.3) is 0 Å². The summed E-state index contributed by atoms with van der Waals surface area (Å²) in [6.45, 7) is -0.841. The fourth-order valence-corrected chi connectivity index (χ4v) is 2.07. The van der Waals surface area contributed by atoms with Crippen LogP contribution in [0.1, 0.15) is 15.9 Å². The summed E-state index contributed by atoms with van der Waals surface area (Å²) in [6.07, 6.45) is -3.18. The van der Waals surface area contributed by atoms with Crippen molar-refractivity contribution in [3.05, 3.63) is 34.9 Å². The zero-order chi connectivity index (χ0) is 15.8. The maximum Gasteiger partial charge on any atom is 0.269 e. The molecule has 10 heteroatoms. The number of aliphatic imine (C=N–C) groups is 1. The molecule has 1 atom stereocenters. The number of nitrogens with zero attached hydrogens (tertiary/aromatic N) is 1. The van der Waals surface area contributed by atoms with Crippen LogP contribution in [0.4, 0.5) is 17.6 Å². The minimum atomic E-state index is -3.18. The smallest absolute Gasteiger partial charge is 0.269 e. The van der Waals surface area contributed by atoms with Gasteiger partial charge in [-0.25, -0.2) is 17.6 Å². The van der Waals surface area contributed by atoms with Crippen molar-refractivity contribution in [1.29, 1.82) is 0 Å². The Labute approximate surface area is 128 Å². The highest BCUT2D eigenvalue weighted by Crippen LogP contribution is 2.37. The predicted octanol–water partition coefficient (Wildman–Crippen LogP) is 1.33. The lowest BCUT2D eigenvalue weighted by Gasteiger charge is -2.33. The molecule has 122 valence electrons. The second kappa shape index (κ2) is 6.49. The molecule has 1 amide bonds. The molecule has 0 radical (unpaired) electrons. The highest BCUT2D eigenvalue weighted by atomic mass is 35.5. The van der Waals surface area contributed by atoms with Crippen LogP contribution in [0.15, 0.2) is 17.1 Å². The van der Waals surface area contributed by atoms with Crippen molar-refractivity contribution in [3.63, 3.8) is 0 Å². The topological polar surface area (TPSA) is 90.7 Å². The van der Waals surface area contributed by atoms with E-state index in [9.17, 15) is 22.4 Å². The number of hydrogen-bond acceptors (Lipinski definition) is 4. The second-order valence-corrected chi connectivity index (χ2v) is 4.50. The third-order valence-electron chi connectivity index (χ3n) is 3.06. The first kappa shape index (κ1) is 18.2. The van der Waals surface area contributed by atoms with Gasteiger partial charge in [0.1, 0.15) is 24.1 Å². The van der Waals surface area contributed by atoms with Crippen LogP contribution in [0.3, 0.4) is 0 Å². The van der Waals surface area contributed by atoms with E-state index in [1.54, 1.807) is 0 Å². The summed E-state index contributed by atoms with van der Waals surface area (Å²) in [5.74, 6) is -4.01. The molecular formula is C12H12ClF4N3O2. The van der Waals surface area contributed by atoms with Crippen molar-refractivity contribution in [2.45, 2.75) is 12.0 Å². The van der Waals surface area contributed by atoms with Gasteiger partial charge in [-0.3, -0.25) is 9.79 Å². The summed E-state index contributed by atoms with van der Waals surface area (Å²) < 4.78 is 59.1. The Balaban J connectivity index is 0.00000242. The molecule has 0 bridgehead atoms. The molecule has 2 rings (SSSR count). The fourth-order valence-electron chi connectivity index (χ4n) is 2.07. The van der Waals surface area contributed by atoms with E-state index in [1.807, 2.05) is 0 Å². The van der Waals surface area contributed by atoms with Gasteiger partial charge in [0.25, 0.3) is 12.3 Å². The number of benzene rings is 1. The first-order chi connectivity index (χ1) is 9.78. The molecule has 0 spiro atoms. The molecule has 0 aliphatic carbocycles. The number of carbonyl (C=O) groups excluding carboxylic acids is 1. The quantitative estimate of drug-likeness (QED) is 0.813. The Morgan fingerprint density at radius 1 is 1.32 bits per heavy atom. The average molecular weight is 342 g/mol. The lowest BCUT2D eigenvalue weighted by Crippen LogP contribution is -2.45. The van der Waals surface area contributed by atoms with Crippen molar-refractivity contribution in [1.82, 2.24) is 0 Å². The van der Waals surface area contributed by atoms with Gasteiger partial charge < -0.3 is 16.2 Å². The van der Waals surface area contributed by atoms with Gasteiger partial charge >= 0.3 is 0 Å². The van der Waals surface area contributed by atoms with Gasteiger partial charge in [-0.05, 0) is 6.07 Å². The minimum Gasteiger partial charge on any atom is -0.385 e. The Bertz CT molecular complexity index is 627. The molecule has 5 nitrogen and oxygen atoms in total. The summed E-state index contributed by atoms with van der Waals surface area (Å²) in [5.41, 5.74) is 6.44. The van der Waals surface area contributed by atoms with Crippen LogP contribution in [0.5, 0.6) is 0 Å². The summed E-state index contributed by atoms with van der Waals surface area (Å²) in [6, 6.07) is 0.921. The molecule has 1 heterocycles. The van der Waals surface area contributed by atoms with E-state index < -0.39 is 47.2 Å². The summed E-state index contributed by atoms with van der Waals surface area (Å²) in [5, 5.41) is 0. The highest BCUT2D eigenvalue weighted by Gasteiger charge is 2.46. The number of amidine groups is 1. The van der Waals surface area contributed by atoms with E-state index in [4.69, 9.17) is 16.2 Å². The number of amides is 1. The molecule has 0 saturated carbocycles. The van der Waals surface area contributed by atoms with Crippen molar-refractivity contribution >= 4 is 24.1 Å². The number of ether oxygens (including phenoxy) is 1. The van der Waals surface area contributed by atoms with Crippen molar-refractivity contribution < 1.29 is 27.1 Å². The van der Waals surface area contributed by atoms with Crippen LogP contribution in [0, 0.1) is 11.6 Å². The third kappa shape index (κ3) is 3.00. The number of primary amides is 1. The van der Waals surface area contributed by atoms with Gasteiger partial charge in [0, 0.05) is 11.6 Å². The van der Waals surface area contributed by atoms with Gasteiger partial charge in [0.15, 0.2) is 5.54 Å². The Hall–Kier alpha value is -1.87. The number of halogens is 5. The monoisotopic (exact) mass is 341 g/mol. The van der Waals surface area contributed by atoms with Gasteiger partial charge in [-0.2, -0.15) is 0 Å². The van der Waals surface area contributed by atoms with Crippen molar-refractivity contribution in [3.8, 4) is 0 Å². The number of carbonyl (C=O) groups is 1. The van der Waals surface area contributed by atoms with E-state index in [-0.39, 0.29) is 24.8 Å². The number of nitrogens with two attached hydrogens (primary N) is 2. The molecule has 1 aliphatic rings. The second-order valence-electron chi connectivity index (χ2n) is 4.50.